The molecule has 3 rings (SSSR count). The van der Waals surface area contributed by atoms with Crippen molar-refractivity contribution >= 4 is 28.6 Å². The van der Waals surface area contributed by atoms with Gasteiger partial charge < -0.3 is 10.1 Å². The van der Waals surface area contributed by atoms with Crippen LogP contribution in [0.25, 0.3) is 0 Å². The number of nitrogens with one attached hydrogen (secondary N) is 1. The number of halogens is 1. The van der Waals surface area contributed by atoms with E-state index in [9.17, 15) is 0 Å². The molecular formula is C17H19ClN4OS. The molecule has 0 atom stereocenters. The van der Waals surface area contributed by atoms with Gasteiger partial charge in [-0.05, 0) is 38.1 Å². The molecule has 126 valence electrons. The molecule has 0 aliphatic rings. The van der Waals surface area contributed by atoms with E-state index in [-0.39, 0.29) is 0 Å². The summed E-state index contributed by atoms with van der Waals surface area (Å²) < 4.78 is 8.38. The first-order valence-electron chi connectivity index (χ1n) is 7.74. The molecule has 0 fully saturated rings. The summed E-state index contributed by atoms with van der Waals surface area (Å²) in [4.78, 5) is 5.13. The number of aryl methyl sites for hydroxylation is 1. The lowest BCUT2D eigenvalue weighted by atomic mass is 10.2. The third-order valence-electron chi connectivity index (χ3n) is 3.75. The zero-order valence-electron chi connectivity index (χ0n) is 13.6. The highest BCUT2D eigenvalue weighted by Gasteiger charge is 2.06. The highest BCUT2D eigenvalue weighted by Crippen LogP contribution is 2.21. The molecule has 1 aromatic carbocycles. The molecule has 0 saturated heterocycles. The molecule has 2 heterocycles. The lowest BCUT2D eigenvalue weighted by Gasteiger charge is -2.08. The van der Waals surface area contributed by atoms with E-state index in [0.29, 0.717) is 17.6 Å². The Kier molecular flexibility index (Phi) is 5.37. The molecule has 1 N–H and O–H groups in total. The van der Waals surface area contributed by atoms with Crippen LogP contribution in [-0.4, -0.2) is 14.8 Å². The molecule has 0 saturated carbocycles. The number of aromatic nitrogens is 3. The number of hydrogen-bond donors (Lipinski definition) is 1. The van der Waals surface area contributed by atoms with Gasteiger partial charge in [-0.2, -0.15) is 5.10 Å². The minimum atomic E-state index is 0.526. The Morgan fingerprint density at radius 1 is 1.25 bits per heavy atom. The van der Waals surface area contributed by atoms with Gasteiger partial charge in [0.2, 0.25) is 0 Å². The number of anilines is 1. The van der Waals surface area contributed by atoms with Crippen molar-refractivity contribution in [1.29, 1.82) is 0 Å². The molecule has 0 aliphatic heterocycles. The van der Waals surface area contributed by atoms with Gasteiger partial charge in [-0.3, -0.25) is 4.68 Å². The van der Waals surface area contributed by atoms with Crippen molar-refractivity contribution in [2.45, 2.75) is 33.5 Å². The summed E-state index contributed by atoms with van der Waals surface area (Å²) >= 11 is 7.31. The minimum Gasteiger partial charge on any atom is -0.489 e. The fourth-order valence-corrected chi connectivity index (χ4v) is 3.25. The van der Waals surface area contributed by atoms with Crippen molar-refractivity contribution in [2.24, 2.45) is 0 Å². The van der Waals surface area contributed by atoms with Gasteiger partial charge in [0, 0.05) is 34.6 Å². The molecule has 3 aromatic rings. The van der Waals surface area contributed by atoms with Gasteiger partial charge in [-0.1, -0.05) is 11.6 Å². The van der Waals surface area contributed by atoms with Crippen LogP contribution in [0.1, 0.15) is 23.1 Å². The van der Waals surface area contributed by atoms with Crippen molar-refractivity contribution in [3.05, 3.63) is 57.3 Å². The second-order valence-electron chi connectivity index (χ2n) is 5.32. The first-order chi connectivity index (χ1) is 11.7. The minimum absolute atomic E-state index is 0.526. The third kappa shape index (κ3) is 4.07. The molecule has 7 heteroatoms. The lowest BCUT2D eigenvalue weighted by molar-refractivity contribution is 0.305. The SMILES string of the molecule is CCn1ncc(COc2ccc(NCc3cnc(Cl)s3)cc2)c1C. The first kappa shape index (κ1) is 16.8. The van der Waals surface area contributed by atoms with Gasteiger partial charge in [0.15, 0.2) is 4.47 Å². The summed E-state index contributed by atoms with van der Waals surface area (Å²) in [5.74, 6) is 0.838. The van der Waals surface area contributed by atoms with Crippen LogP contribution in [0.15, 0.2) is 36.7 Å². The lowest BCUT2D eigenvalue weighted by Crippen LogP contribution is -2.01. The topological polar surface area (TPSA) is 52.0 Å². The second-order valence-corrected chi connectivity index (χ2v) is 7.01. The van der Waals surface area contributed by atoms with E-state index in [1.54, 1.807) is 6.20 Å². The molecule has 0 amide bonds. The van der Waals surface area contributed by atoms with Gasteiger partial charge in [0.05, 0.1) is 12.7 Å². The predicted molar refractivity (Wildman–Crippen MR) is 97.9 cm³/mol. The highest BCUT2D eigenvalue weighted by molar-refractivity contribution is 7.15. The first-order valence-corrected chi connectivity index (χ1v) is 8.93. The molecule has 0 aliphatic carbocycles. The van der Waals surface area contributed by atoms with E-state index in [2.05, 4.69) is 29.2 Å². The smallest absolute Gasteiger partial charge is 0.183 e. The average molecular weight is 363 g/mol. The van der Waals surface area contributed by atoms with Crippen molar-refractivity contribution in [1.82, 2.24) is 14.8 Å². The van der Waals surface area contributed by atoms with E-state index in [1.165, 1.54) is 11.3 Å². The molecule has 5 nitrogen and oxygen atoms in total. The summed E-state index contributed by atoms with van der Waals surface area (Å²) in [5, 5.41) is 7.67. The zero-order chi connectivity index (χ0) is 16.9. The Bertz CT molecular complexity index is 797. The maximum atomic E-state index is 5.85. The predicted octanol–water partition coefficient (Wildman–Crippen LogP) is 4.51. The maximum absolute atomic E-state index is 5.85. The summed E-state index contributed by atoms with van der Waals surface area (Å²) in [6, 6.07) is 7.92. The van der Waals surface area contributed by atoms with Crippen molar-refractivity contribution in [2.75, 3.05) is 5.32 Å². The fourth-order valence-electron chi connectivity index (χ4n) is 2.33. The number of hydrogen-bond acceptors (Lipinski definition) is 5. The number of thiazole rings is 1. The van der Waals surface area contributed by atoms with Crippen LogP contribution in [0.3, 0.4) is 0 Å². The van der Waals surface area contributed by atoms with Crippen LogP contribution in [0.2, 0.25) is 4.47 Å². The Labute approximate surface area is 150 Å². The number of benzene rings is 1. The van der Waals surface area contributed by atoms with Crippen LogP contribution in [0, 0.1) is 6.92 Å². The Morgan fingerprint density at radius 2 is 2.04 bits per heavy atom. The van der Waals surface area contributed by atoms with Crippen LogP contribution >= 0.6 is 22.9 Å². The number of nitrogens with zero attached hydrogens (tertiary/aromatic N) is 3. The van der Waals surface area contributed by atoms with Gasteiger partial charge in [-0.15, -0.1) is 11.3 Å². The van der Waals surface area contributed by atoms with Crippen LogP contribution in [0.5, 0.6) is 5.75 Å². The summed E-state index contributed by atoms with van der Waals surface area (Å²) in [6.45, 7) is 6.25. The van der Waals surface area contributed by atoms with Crippen molar-refractivity contribution in [3.8, 4) is 5.75 Å². The van der Waals surface area contributed by atoms with Crippen LogP contribution in [0.4, 0.5) is 5.69 Å². The highest BCUT2D eigenvalue weighted by atomic mass is 35.5. The Balaban J connectivity index is 1.53. The maximum Gasteiger partial charge on any atom is 0.183 e. The quantitative estimate of drug-likeness (QED) is 0.671. The molecular weight excluding hydrogens is 344 g/mol. The van der Waals surface area contributed by atoms with E-state index < -0.39 is 0 Å². The van der Waals surface area contributed by atoms with Gasteiger partial charge >= 0.3 is 0 Å². The standard InChI is InChI=1S/C17H19ClN4OS/c1-3-22-12(2)13(8-21-22)11-23-15-6-4-14(5-7-15)19-9-16-10-20-17(18)24-16/h4-8,10,19H,3,9,11H2,1-2H3. The third-order valence-corrected chi connectivity index (χ3v) is 4.86. The van der Waals surface area contributed by atoms with E-state index in [4.69, 9.17) is 16.3 Å². The molecule has 0 unspecified atom stereocenters. The van der Waals surface area contributed by atoms with E-state index in [1.807, 2.05) is 35.1 Å². The van der Waals surface area contributed by atoms with E-state index in [0.717, 1.165) is 34.1 Å². The summed E-state index contributed by atoms with van der Waals surface area (Å²) in [6.07, 6.45) is 3.66. The molecule has 0 radical (unpaired) electrons. The molecule has 2 aromatic heterocycles. The van der Waals surface area contributed by atoms with Gasteiger partial charge in [-0.25, -0.2) is 4.98 Å². The van der Waals surface area contributed by atoms with Gasteiger partial charge in [0.25, 0.3) is 0 Å². The average Bonchev–Trinajstić information content (AvgIpc) is 3.17. The molecule has 0 bridgehead atoms. The van der Waals surface area contributed by atoms with Crippen LogP contribution in [-0.2, 0) is 19.7 Å². The van der Waals surface area contributed by atoms with Crippen molar-refractivity contribution in [3.63, 3.8) is 0 Å². The summed E-state index contributed by atoms with van der Waals surface area (Å²) in [5.41, 5.74) is 3.29. The fraction of sp³-hybridized carbons (Fsp3) is 0.294. The van der Waals surface area contributed by atoms with Crippen LogP contribution < -0.4 is 10.1 Å². The van der Waals surface area contributed by atoms with Gasteiger partial charge in [0.1, 0.15) is 12.4 Å². The summed E-state index contributed by atoms with van der Waals surface area (Å²) in [7, 11) is 0. The second kappa shape index (κ2) is 7.68. The van der Waals surface area contributed by atoms with E-state index >= 15 is 0 Å². The molecule has 0 spiro atoms. The zero-order valence-corrected chi connectivity index (χ0v) is 15.2. The number of ether oxygens (including phenoxy) is 1. The number of rotatable bonds is 7. The normalized spacial score (nSPS) is 10.8. The van der Waals surface area contributed by atoms with Crippen molar-refractivity contribution < 1.29 is 4.74 Å². The molecule has 24 heavy (non-hydrogen) atoms. The monoisotopic (exact) mass is 362 g/mol. The Hall–Kier alpha value is -2.05. The largest absolute Gasteiger partial charge is 0.489 e. The Morgan fingerprint density at radius 3 is 2.67 bits per heavy atom.